The highest BCUT2D eigenvalue weighted by Gasteiger charge is 2.10. The summed E-state index contributed by atoms with van der Waals surface area (Å²) in [5.74, 6) is -0.729. The number of nitro benzene ring substituents is 1. The Kier molecular flexibility index (Phi) is 6.01. The first-order chi connectivity index (χ1) is 14.0. The first-order valence-electron chi connectivity index (χ1n) is 8.34. The quantitative estimate of drug-likeness (QED) is 0.227. The van der Waals surface area contributed by atoms with Gasteiger partial charge in [0.15, 0.2) is 0 Å². The normalized spacial score (nSPS) is 10.5. The van der Waals surface area contributed by atoms with E-state index in [0.717, 1.165) is 0 Å². The van der Waals surface area contributed by atoms with Crippen LogP contribution in [-0.2, 0) is 0 Å². The minimum atomic E-state index is -0.567. The van der Waals surface area contributed by atoms with Crippen LogP contribution in [0.15, 0.2) is 78.0 Å². The molecular weight excluding hydrogens is 376 g/mol. The Morgan fingerprint density at radius 3 is 2.38 bits per heavy atom. The number of aromatic nitrogens is 1. The van der Waals surface area contributed by atoms with E-state index >= 15 is 0 Å². The van der Waals surface area contributed by atoms with Gasteiger partial charge in [-0.15, -0.1) is 0 Å². The molecule has 1 heterocycles. The average Bonchev–Trinajstić information content (AvgIpc) is 2.75. The fourth-order valence-electron chi connectivity index (χ4n) is 2.23. The minimum Gasteiger partial charge on any atom is -0.422 e. The molecule has 1 aromatic heterocycles. The maximum Gasteiger partial charge on any atom is 0.362 e. The van der Waals surface area contributed by atoms with E-state index in [1.807, 2.05) is 0 Å². The maximum atomic E-state index is 12.0. The fourth-order valence-corrected chi connectivity index (χ4v) is 2.23. The number of carbonyl (C=O) groups is 2. The third kappa shape index (κ3) is 5.30. The highest BCUT2D eigenvalue weighted by Crippen LogP contribution is 2.13. The summed E-state index contributed by atoms with van der Waals surface area (Å²) in [6, 6.07) is 16.6. The topological polar surface area (TPSA) is 124 Å². The van der Waals surface area contributed by atoms with E-state index in [-0.39, 0.29) is 16.9 Å². The van der Waals surface area contributed by atoms with E-state index < -0.39 is 16.8 Å². The zero-order chi connectivity index (χ0) is 20.6. The molecule has 29 heavy (non-hydrogen) atoms. The van der Waals surface area contributed by atoms with Crippen LogP contribution in [0.25, 0.3) is 0 Å². The second-order valence-electron chi connectivity index (χ2n) is 5.68. The first-order valence-corrected chi connectivity index (χ1v) is 8.34. The Hall–Kier alpha value is -4.40. The van der Waals surface area contributed by atoms with Crippen molar-refractivity contribution in [2.75, 3.05) is 0 Å². The molecule has 0 aliphatic heterocycles. The van der Waals surface area contributed by atoms with Crippen LogP contribution in [0, 0.1) is 10.1 Å². The third-order valence-electron chi connectivity index (χ3n) is 3.68. The minimum absolute atomic E-state index is 0.103. The lowest BCUT2D eigenvalue weighted by Crippen LogP contribution is -2.17. The second-order valence-corrected chi connectivity index (χ2v) is 5.68. The van der Waals surface area contributed by atoms with Gasteiger partial charge in [-0.1, -0.05) is 6.07 Å². The van der Waals surface area contributed by atoms with Crippen molar-refractivity contribution in [2.24, 2.45) is 5.10 Å². The van der Waals surface area contributed by atoms with Crippen LogP contribution in [-0.4, -0.2) is 28.0 Å². The summed E-state index contributed by atoms with van der Waals surface area (Å²) in [5.41, 5.74) is 3.33. The molecule has 3 aromatic rings. The van der Waals surface area contributed by atoms with Crippen LogP contribution in [0.5, 0.6) is 5.75 Å². The van der Waals surface area contributed by atoms with Gasteiger partial charge in [0.2, 0.25) is 0 Å². The van der Waals surface area contributed by atoms with Gasteiger partial charge in [-0.2, -0.15) is 5.10 Å². The van der Waals surface area contributed by atoms with E-state index in [2.05, 4.69) is 15.5 Å². The lowest BCUT2D eigenvalue weighted by Gasteiger charge is -2.04. The van der Waals surface area contributed by atoms with Crippen molar-refractivity contribution in [3.63, 3.8) is 0 Å². The highest BCUT2D eigenvalue weighted by molar-refractivity contribution is 5.95. The molecule has 0 fully saturated rings. The number of rotatable bonds is 6. The molecule has 0 spiro atoms. The van der Waals surface area contributed by atoms with Crippen LogP contribution in [0.4, 0.5) is 5.69 Å². The van der Waals surface area contributed by atoms with Gasteiger partial charge >= 0.3 is 5.97 Å². The number of amides is 1. The summed E-state index contributed by atoms with van der Waals surface area (Å²) in [5, 5.41) is 14.5. The van der Waals surface area contributed by atoms with Gasteiger partial charge in [0.05, 0.1) is 11.1 Å². The number of nitrogens with one attached hydrogen (secondary N) is 1. The van der Waals surface area contributed by atoms with E-state index in [4.69, 9.17) is 4.74 Å². The van der Waals surface area contributed by atoms with Crippen LogP contribution in [0.3, 0.4) is 0 Å². The fraction of sp³-hybridized carbons (Fsp3) is 0. The van der Waals surface area contributed by atoms with Gasteiger partial charge in [-0.25, -0.2) is 15.2 Å². The van der Waals surface area contributed by atoms with Crippen molar-refractivity contribution in [3.8, 4) is 5.75 Å². The lowest BCUT2D eigenvalue weighted by molar-refractivity contribution is -0.384. The van der Waals surface area contributed by atoms with Crippen LogP contribution >= 0.6 is 0 Å². The molecule has 2 aromatic carbocycles. The summed E-state index contributed by atoms with van der Waals surface area (Å²) >= 11 is 0. The Bertz CT molecular complexity index is 1050. The SMILES string of the molecule is O=C(NN=Cc1ccc(OC(=O)c2ccccn2)cc1)c1ccc([N+](=O)[O-])cc1. The van der Waals surface area contributed by atoms with Crippen molar-refractivity contribution in [1.82, 2.24) is 10.4 Å². The monoisotopic (exact) mass is 390 g/mol. The number of hydrogen-bond donors (Lipinski definition) is 1. The van der Waals surface area contributed by atoms with Gasteiger partial charge in [0.25, 0.3) is 11.6 Å². The Morgan fingerprint density at radius 2 is 1.76 bits per heavy atom. The number of carbonyl (C=O) groups excluding carboxylic acids is 2. The Morgan fingerprint density at radius 1 is 1.03 bits per heavy atom. The standard InChI is InChI=1S/C20H14N4O5/c25-19(15-6-8-16(9-7-15)24(27)28)23-22-13-14-4-10-17(11-5-14)29-20(26)18-3-1-2-12-21-18/h1-13H,(H,23,25). The van der Waals surface area contributed by atoms with Crippen LogP contribution in [0.2, 0.25) is 0 Å². The van der Waals surface area contributed by atoms with Gasteiger partial charge < -0.3 is 4.74 Å². The molecule has 0 radical (unpaired) electrons. The average molecular weight is 390 g/mol. The van der Waals surface area contributed by atoms with E-state index in [0.29, 0.717) is 11.3 Å². The van der Waals surface area contributed by atoms with Crippen molar-refractivity contribution < 1.29 is 19.2 Å². The van der Waals surface area contributed by atoms with Crippen molar-refractivity contribution in [2.45, 2.75) is 0 Å². The predicted molar refractivity (Wildman–Crippen MR) is 104 cm³/mol. The van der Waals surface area contributed by atoms with Gasteiger partial charge in [0, 0.05) is 23.9 Å². The summed E-state index contributed by atoms with van der Waals surface area (Å²) in [4.78, 5) is 37.9. The number of benzene rings is 2. The summed E-state index contributed by atoms with van der Waals surface area (Å²) in [6.07, 6.45) is 2.91. The first kappa shape index (κ1) is 19.4. The zero-order valence-electron chi connectivity index (χ0n) is 14.9. The largest absolute Gasteiger partial charge is 0.422 e. The molecule has 0 aliphatic carbocycles. The molecule has 1 amide bonds. The number of non-ortho nitro benzene ring substituents is 1. The van der Waals surface area contributed by atoms with E-state index in [9.17, 15) is 19.7 Å². The molecule has 9 nitrogen and oxygen atoms in total. The second kappa shape index (κ2) is 9.00. The highest BCUT2D eigenvalue weighted by atomic mass is 16.6. The smallest absolute Gasteiger partial charge is 0.362 e. The summed E-state index contributed by atoms with van der Waals surface area (Å²) in [6.45, 7) is 0. The molecule has 0 atom stereocenters. The van der Waals surface area contributed by atoms with Crippen molar-refractivity contribution >= 4 is 23.8 Å². The zero-order valence-corrected chi connectivity index (χ0v) is 14.9. The third-order valence-corrected chi connectivity index (χ3v) is 3.68. The van der Waals surface area contributed by atoms with Gasteiger partial charge in [-0.05, 0) is 54.1 Å². The predicted octanol–water partition coefficient (Wildman–Crippen LogP) is 2.97. The molecule has 0 bridgehead atoms. The van der Waals surface area contributed by atoms with Crippen molar-refractivity contribution in [1.29, 1.82) is 0 Å². The van der Waals surface area contributed by atoms with Crippen LogP contribution in [0.1, 0.15) is 26.4 Å². The van der Waals surface area contributed by atoms with Gasteiger partial charge in [-0.3, -0.25) is 14.9 Å². The van der Waals surface area contributed by atoms with E-state index in [1.54, 1.807) is 42.5 Å². The number of ether oxygens (including phenoxy) is 1. The Labute approximate surface area is 164 Å². The van der Waals surface area contributed by atoms with E-state index in [1.165, 1.54) is 36.7 Å². The molecule has 1 N–H and O–H groups in total. The molecular formula is C20H14N4O5. The number of hydrogen-bond acceptors (Lipinski definition) is 7. The maximum absolute atomic E-state index is 12.0. The lowest BCUT2D eigenvalue weighted by atomic mass is 10.2. The number of nitro groups is 1. The summed E-state index contributed by atoms with van der Waals surface area (Å²) < 4.78 is 5.22. The molecule has 0 aliphatic rings. The number of nitrogens with zero attached hydrogens (tertiary/aromatic N) is 3. The molecule has 0 saturated heterocycles. The molecule has 144 valence electrons. The van der Waals surface area contributed by atoms with Crippen molar-refractivity contribution in [3.05, 3.63) is 99.9 Å². The number of pyridine rings is 1. The molecule has 3 rings (SSSR count). The van der Waals surface area contributed by atoms with Gasteiger partial charge in [0.1, 0.15) is 11.4 Å². The number of esters is 1. The molecule has 9 heteroatoms. The van der Waals surface area contributed by atoms with Crippen LogP contribution < -0.4 is 10.2 Å². The summed E-state index contributed by atoms with van der Waals surface area (Å²) in [7, 11) is 0. The number of hydrazone groups is 1. The molecule has 0 unspecified atom stereocenters. The Balaban J connectivity index is 1.55. The molecule has 0 saturated carbocycles.